The van der Waals surface area contributed by atoms with Gasteiger partial charge in [0.15, 0.2) is 9.84 Å². The zero-order chi connectivity index (χ0) is 13.0. The second kappa shape index (κ2) is 5.54. The summed E-state index contributed by atoms with van der Waals surface area (Å²) in [5.41, 5.74) is 0.752. The summed E-state index contributed by atoms with van der Waals surface area (Å²) in [6.07, 6.45) is 2.95. The van der Waals surface area contributed by atoms with Crippen molar-refractivity contribution in [3.63, 3.8) is 0 Å². The SMILES string of the molecule is O=S(=O)(C=Cc1ccco1)Cc1ccc(Br)cc1. The first-order valence-electron chi connectivity index (χ1n) is 5.24. The predicted octanol–water partition coefficient (Wildman–Crippen LogP) is 3.63. The standard InChI is InChI=1S/C13H11BrO3S/c14-12-5-3-11(4-6-12)10-18(15,16)9-7-13-2-1-8-17-13/h1-9H,10H2. The van der Waals surface area contributed by atoms with E-state index in [-0.39, 0.29) is 5.75 Å². The van der Waals surface area contributed by atoms with Crippen LogP contribution in [0.5, 0.6) is 0 Å². The fourth-order valence-corrected chi connectivity index (χ4v) is 2.78. The second-order valence-corrected chi connectivity index (χ2v) is 6.55. The fraction of sp³-hybridized carbons (Fsp3) is 0.0769. The molecule has 94 valence electrons. The molecule has 0 aliphatic heterocycles. The quantitative estimate of drug-likeness (QED) is 0.861. The smallest absolute Gasteiger partial charge is 0.175 e. The van der Waals surface area contributed by atoms with E-state index in [1.807, 2.05) is 12.1 Å². The van der Waals surface area contributed by atoms with Crippen molar-refractivity contribution in [2.75, 3.05) is 0 Å². The van der Waals surface area contributed by atoms with Crippen LogP contribution >= 0.6 is 15.9 Å². The molecule has 1 aromatic heterocycles. The Morgan fingerprint density at radius 2 is 1.89 bits per heavy atom. The molecule has 0 saturated heterocycles. The lowest BCUT2D eigenvalue weighted by Gasteiger charge is -1.99. The Morgan fingerprint density at radius 1 is 1.17 bits per heavy atom. The van der Waals surface area contributed by atoms with Crippen LogP contribution in [0, 0.1) is 0 Å². The van der Waals surface area contributed by atoms with E-state index in [2.05, 4.69) is 15.9 Å². The Labute approximate surface area is 114 Å². The zero-order valence-corrected chi connectivity index (χ0v) is 11.8. The van der Waals surface area contributed by atoms with Gasteiger partial charge in [-0.15, -0.1) is 0 Å². The number of sulfone groups is 1. The van der Waals surface area contributed by atoms with Gasteiger partial charge < -0.3 is 4.42 Å². The summed E-state index contributed by atoms with van der Waals surface area (Å²) in [4.78, 5) is 0. The summed E-state index contributed by atoms with van der Waals surface area (Å²) in [6.45, 7) is 0. The van der Waals surface area contributed by atoms with Crippen molar-refractivity contribution in [1.82, 2.24) is 0 Å². The average Bonchev–Trinajstić information content (AvgIpc) is 2.83. The first-order chi connectivity index (χ1) is 8.55. The monoisotopic (exact) mass is 326 g/mol. The van der Waals surface area contributed by atoms with Crippen LogP contribution in [0.15, 0.2) is 57.0 Å². The number of hydrogen-bond acceptors (Lipinski definition) is 3. The van der Waals surface area contributed by atoms with Crippen LogP contribution in [0.4, 0.5) is 0 Å². The highest BCUT2D eigenvalue weighted by molar-refractivity contribution is 9.10. The molecule has 5 heteroatoms. The number of rotatable bonds is 4. The highest BCUT2D eigenvalue weighted by Crippen LogP contribution is 2.14. The van der Waals surface area contributed by atoms with E-state index in [1.54, 1.807) is 24.3 Å². The second-order valence-electron chi connectivity index (χ2n) is 3.75. The van der Waals surface area contributed by atoms with Crippen LogP contribution in [0.1, 0.15) is 11.3 Å². The minimum Gasteiger partial charge on any atom is -0.465 e. The van der Waals surface area contributed by atoms with Crippen LogP contribution in [-0.2, 0) is 15.6 Å². The lowest BCUT2D eigenvalue weighted by molar-refractivity contribution is 0.557. The summed E-state index contributed by atoms with van der Waals surface area (Å²) < 4.78 is 29.6. The molecule has 3 nitrogen and oxygen atoms in total. The van der Waals surface area contributed by atoms with Crippen LogP contribution in [0.2, 0.25) is 0 Å². The summed E-state index contributed by atoms with van der Waals surface area (Å²) in [7, 11) is -3.28. The van der Waals surface area contributed by atoms with E-state index < -0.39 is 9.84 Å². The Morgan fingerprint density at radius 3 is 2.50 bits per heavy atom. The molecule has 2 aromatic rings. The largest absolute Gasteiger partial charge is 0.465 e. The van der Waals surface area contributed by atoms with Gasteiger partial charge in [0.05, 0.1) is 12.0 Å². The van der Waals surface area contributed by atoms with Gasteiger partial charge in [-0.05, 0) is 35.9 Å². The summed E-state index contributed by atoms with van der Waals surface area (Å²) in [5, 5.41) is 1.17. The maximum Gasteiger partial charge on any atom is 0.175 e. The van der Waals surface area contributed by atoms with E-state index >= 15 is 0 Å². The third-order valence-electron chi connectivity index (χ3n) is 2.26. The van der Waals surface area contributed by atoms with Crippen LogP contribution in [-0.4, -0.2) is 8.42 Å². The third-order valence-corrected chi connectivity index (χ3v) is 4.08. The van der Waals surface area contributed by atoms with Gasteiger partial charge in [0.1, 0.15) is 5.76 Å². The van der Waals surface area contributed by atoms with Gasteiger partial charge in [-0.25, -0.2) is 8.42 Å². The van der Waals surface area contributed by atoms with Crippen LogP contribution < -0.4 is 0 Å². The first-order valence-corrected chi connectivity index (χ1v) is 7.75. The highest BCUT2D eigenvalue weighted by atomic mass is 79.9. The molecule has 0 amide bonds. The number of benzene rings is 1. The van der Waals surface area contributed by atoms with Gasteiger partial charge in [-0.2, -0.15) is 0 Å². The van der Waals surface area contributed by atoms with Crippen molar-refractivity contribution in [2.24, 2.45) is 0 Å². The molecule has 1 aromatic carbocycles. The minimum atomic E-state index is -3.28. The zero-order valence-electron chi connectivity index (χ0n) is 9.41. The number of halogens is 1. The van der Waals surface area contributed by atoms with Crippen LogP contribution in [0.3, 0.4) is 0 Å². The maximum atomic E-state index is 11.8. The van der Waals surface area contributed by atoms with E-state index in [4.69, 9.17) is 4.42 Å². The van der Waals surface area contributed by atoms with Gasteiger partial charge in [0.2, 0.25) is 0 Å². The van der Waals surface area contributed by atoms with Gasteiger partial charge in [-0.3, -0.25) is 0 Å². The van der Waals surface area contributed by atoms with Crippen molar-refractivity contribution in [3.05, 3.63) is 63.9 Å². The van der Waals surface area contributed by atoms with Gasteiger partial charge in [0, 0.05) is 9.88 Å². The molecule has 0 N–H and O–H groups in total. The number of hydrogen-bond donors (Lipinski definition) is 0. The Hall–Kier alpha value is -1.33. The summed E-state index contributed by atoms with van der Waals surface area (Å²) in [6, 6.07) is 10.6. The van der Waals surface area contributed by atoms with Gasteiger partial charge in [0.25, 0.3) is 0 Å². The minimum absolute atomic E-state index is 0.0164. The highest BCUT2D eigenvalue weighted by Gasteiger charge is 2.07. The van der Waals surface area contributed by atoms with Crippen molar-refractivity contribution in [1.29, 1.82) is 0 Å². The summed E-state index contributed by atoms with van der Waals surface area (Å²) >= 11 is 3.31. The van der Waals surface area contributed by atoms with Gasteiger partial charge in [-0.1, -0.05) is 28.1 Å². The first kappa shape index (κ1) is 13.1. The topological polar surface area (TPSA) is 47.3 Å². The molecule has 0 fully saturated rings. The van der Waals surface area contributed by atoms with E-state index in [1.165, 1.54) is 17.7 Å². The molecular formula is C13H11BrO3S. The molecule has 0 spiro atoms. The van der Waals surface area contributed by atoms with Crippen molar-refractivity contribution < 1.29 is 12.8 Å². The molecule has 1 heterocycles. The van der Waals surface area contributed by atoms with Crippen molar-refractivity contribution in [3.8, 4) is 0 Å². The predicted molar refractivity (Wildman–Crippen MR) is 74.5 cm³/mol. The molecule has 0 aliphatic rings. The fourth-order valence-electron chi connectivity index (χ4n) is 1.42. The van der Waals surface area contributed by atoms with E-state index in [9.17, 15) is 8.42 Å². The van der Waals surface area contributed by atoms with Gasteiger partial charge >= 0.3 is 0 Å². The lowest BCUT2D eigenvalue weighted by atomic mass is 10.2. The maximum absolute atomic E-state index is 11.8. The molecule has 0 unspecified atom stereocenters. The molecular weight excluding hydrogens is 316 g/mol. The molecule has 0 saturated carbocycles. The normalized spacial score (nSPS) is 12.1. The molecule has 18 heavy (non-hydrogen) atoms. The van der Waals surface area contributed by atoms with Crippen molar-refractivity contribution >= 4 is 31.8 Å². The molecule has 2 rings (SSSR count). The molecule has 0 atom stereocenters. The van der Waals surface area contributed by atoms with Crippen LogP contribution in [0.25, 0.3) is 6.08 Å². The Balaban J connectivity index is 2.10. The third kappa shape index (κ3) is 3.85. The lowest BCUT2D eigenvalue weighted by Crippen LogP contribution is -1.99. The van der Waals surface area contributed by atoms with Crippen molar-refractivity contribution in [2.45, 2.75) is 5.75 Å². The Kier molecular flexibility index (Phi) is 4.04. The Bertz CT molecular complexity index is 625. The van der Waals surface area contributed by atoms with E-state index in [0.29, 0.717) is 5.76 Å². The number of furan rings is 1. The average molecular weight is 327 g/mol. The molecule has 0 aliphatic carbocycles. The van der Waals surface area contributed by atoms with E-state index in [0.717, 1.165) is 10.0 Å². The molecule has 0 radical (unpaired) electrons. The molecule has 0 bridgehead atoms. The summed E-state index contributed by atoms with van der Waals surface area (Å²) in [5.74, 6) is 0.506.